The summed E-state index contributed by atoms with van der Waals surface area (Å²) in [7, 11) is 0. The molecule has 0 saturated heterocycles. The molecule has 0 unspecified atom stereocenters. The summed E-state index contributed by atoms with van der Waals surface area (Å²) >= 11 is 5.61. The first kappa shape index (κ1) is 15.9. The van der Waals surface area contributed by atoms with Gasteiger partial charge in [-0.25, -0.2) is 9.97 Å². The number of hydrogen-bond donors (Lipinski definition) is 1. The molecule has 4 nitrogen and oxygen atoms in total. The number of aromatic nitrogens is 2. The highest BCUT2D eigenvalue weighted by Gasteiger charge is 2.06. The average molecular weight is 284 g/mol. The first-order valence-corrected chi connectivity index (χ1v) is 7.23. The van der Waals surface area contributed by atoms with Crippen LogP contribution in [0.2, 0.25) is 5.15 Å². The minimum atomic E-state index is -0.189. The Balaban J connectivity index is 2.09. The summed E-state index contributed by atoms with van der Waals surface area (Å²) in [5.41, 5.74) is 0.309. The van der Waals surface area contributed by atoms with Crippen LogP contribution in [0.15, 0.2) is 12.4 Å². The lowest BCUT2D eigenvalue weighted by Crippen LogP contribution is -2.25. The number of carbonyl (C=O) groups is 1. The van der Waals surface area contributed by atoms with Gasteiger partial charge in [0.2, 0.25) is 0 Å². The van der Waals surface area contributed by atoms with E-state index >= 15 is 0 Å². The first-order valence-electron chi connectivity index (χ1n) is 6.85. The monoisotopic (exact) mass is 283 g/mol. The van der Waals surface area contributed by atoms with Crippen LogP contribution < -0.4 is 5.32 Å². The average Bonchev–Trinajstić information content (AvgIpc) is 2.38. The second-order valence-corrected chi connectivity index (χ2v) is 5.46. The Morgan fingerprint density at radius 2 is 1.95 bits per heavy atom. The SMILES string of the molecule is CC(C)CCCCCCNC(=O)c1cnc(Cl)cn1. The summed E-state index contributed by atoms with van der Waals surface area (Å²) in [6.07, 6.45) is 8.71. The minimum Gasteiger partial charge on any atom is -0.351 e. The summed E-state index contributed by atoms with van der Waals surface area (Å²) in [6, 6.07) is 0. The molecule has 1 aromatic rings. The van der Waals surface area contributed by atoms with E-state index < -0.39 is 0 Å². The van der Waals surface area contributed by atoms with Crippen LogP contribution in [0.3, 0.4) is 0 Å². The van der Waals surface area contributed by atoms with E-state index in [0.717, 1.165) is 18.8 Å². The number of halogens is 1. The topological polar surface area (TPSA) is 54.9 Å². The van der Waals surface area contributed by atoms with Crippen LogP contribution in [0, 0.1) is 5.92 Å². The number of nitrogens with zero attached hydrogens (tertiary/aromatic N) is 2. The number of hydrogen-bond acceptors (Lipinski definition) is 3. The second-order valence-electron chi connectivity index (χ2n) is 5.08. The van der Waals surface area contributed by atoms with E-state index in [4.69, 9.17) is 11.6 Å². The third-order valence-corrected chi connectivity index (χ3v) is 3.04. The number of nitrogens with one attached hydrogen (secondary N) is 1. The van der Waals surface area contributed by atoms with Crippen molar-refractivity contribution in [1.29, 1.82) is 0 Å². The van der Waals surface area contributed by atoms with Gasteiger partial charge in [-0.05, 0) is 12.3 Å². The summed E-state index contributed by atoms with van der Waals surface area (Å²) in [5, 5.41) is 3.13. The lowest BCUT2D eigenvalue weighted by Gasteiger charge is -2.05. The molecule has 1 aromatic heterocycles. The predicted molar refractivity (Wildman–Crippen MR) is 77.3 cm³/mol. The zero-order valence-corrected chi connectivity index (χ0v) is 12.4. The van der Waals surface area contributed by atoms with E-state index in [2.05, 4.69) is 29.1 Å². The molecule has 0 spiro atoms. The largest absolute Gasteiger partial charge is 0.351 e. The lowest BCUT2D eigenvalue weighted by atomic mass is 10.0. The smallest absolute Gasteiger partial charge is 0.271 e. The van der Waals surface area contributed by atoms with Crippen molar-refractivity contribution in [2.24, 2.45) is 5.92 Å². The third kappa shape index (κ3) is 7.11. The molecular formula is C14H22ClN3O. The molecule has 0 fully saturated rings. The third-order valence-electron chi connectivity index (χ3n) is 2.85. The Kier molecular flexibility index (Phi) is 7.41. The highest BCUT2D eigenvalue weighted by molar-refractivity contribution is 6.29. The zero-order chi connectivity index (χ0) is 14.1. The Morgan fingerprint density at radius 3 is 2.58 bits per heavy atom. The number of rotatable bonds is 8. The molecule has 0 atom stereocenters. The van der Waals surface area contributed by atoms with E-state index in [-0.39, 0.29) is 5.91 Å². The maximum absolute atomic E-state index is 11.7. The molecule has 0 aliphatic heterocycles. The number of carbonyl (C=O) groups excluding carboxylic acids is 1. The van der Waals surface area contributed by atoms with Crippen LogP contribution >= 0.6 is 11.6 Å². The zero-order valence-electron chi connectivity index (χ0n) is 11.7. The van der Waals surface area contributed by atoms with Gasteiger partial charge in [-0.15, -0.1) is 0 Å². The molecule has 0 bridgehead atoms. The number of unbranched alkanes of at least 4 members (excludes halogenated alkanes) is 3. The molecule has 1 rings (SSSR count). The van der Waals surface area contributed by atoms with Crippen LogP contribution in [0.4, 0.5) is 0 Å². The Hall–Kier alpha value is -1.16. The van der Waals surface area contributed by atoms with Gasteiger partial charge in [0, 0.05) is 6.54 Å². The van der Waals surface area contributed by atoms with Crippen LogP contribution in [-0.4, -0.2) is 22.4 Å². The molecule has 0 radical (unpaired) electrons. The van der Waals surface area contributed by atoms with E-state index in [0.29, 0.717) is 17.4 Å². The Labute approximate surface area is 120 Å². The molecule has 19 heavy (non-hydrogen) atoms. The van der Waals surface area contributed by atoms with Gasteiger partial charge < -0.3 is 5.32 Å². The van der Waals surface area contributed by atoms with Gasteiger partial charge in [0.05, 0.1) is 12.4 Å². The first-order chi connectivity index (χ1) is 9.09. The fourth-order valence-electron chi connectivity index (χ4n) is 1.75. The van der Waals surface area contributed by atoms with Crippen molar-refractivity contribution in [2.75, 3.05) is 6.54 Å². The highest BCUT2D eigenvalue weighted by atomic mass is 35.5. The molecule has 0 saturated carbocycles. The molecule has 0 aliphatic rings. The van der Waals surface area contributed by atoms with Gasteiger partial charge in [0.1, 0.15) is 10.8 Å². The van der Waals surface area contributed by atoms with Crippen molar-refractivity contribution in [1.82, 2.24) is 15.3 Å². The van der Waals surface area contributed by atoms with E-state index in [1.165, 1.54) is 31.7 Å². The van der Waals surface area contributed by atoms with Gasteiger partial charge in [-0.1, -0.05) is 51.1 Å². The molecule has 1 amide bonds. The van der Waals surface area contributed by atoms with Crippen molar-refractivity contribution in [2.45, 2.75) is 46.0 Å². The van der Waals surface area contributed by atoms with Crippen LogP contribution in [0.25, 0.3) is 0 Å². The van der Waals surface area contributed by atoms with Gasteiger partial charge in [-0.3, -0.25) is 4.79 Å². The summed E-state index contributed by atoms with van der Waals surface area (Å²) in [4.78, 5) is 19.4. The standard InChI is InChI=1S/C14H22ClN3O/c1-11(2)7-5-3-4-6-8-16-14(19)12-9-18-13(15)10-17-12/h9-11H,3-8H2,1-2H3,(H,16,19). The van der Waals surface area contributed by atoms with Crippen molar-refractivity contribution >= 4 is 17.5 Å². The molecule has 1 heterocycles. The van der Waals surface area contributed by atoms with E-state index in [1.807, 2.05) is 0 Å². The maximum Gasteiger partial charge on any atom is 0.271 e. The Bertz CT molecular complexity index is 379. The van der Waals surface area contributed by atoms with Gasteiger partial charge in [0.15, 0.2) is 0 Å². The molecular weight excluding hydrogens is 262 g/mol. The molecule has 5 heteroatoms. The fraction of sp³-hybridized carbons (Fsp3) is 0.643. The highest BCUT2D eigenvalue weighted by Crippen LogP contribution is 2.09. The van der Waals surface area contributed by atoms with Crippen molar-refractivity contribution in [3.63, 3.8) is 0 Å². The number of amides is 1. The maximum atomic E-state index is 11.7. The predicted octanol–water partition coefficient (Wildman–Crippen LogP) is 3.47. The Morgan fingerprint density at radius 1 is 1.21 bits per heavy atom. The summed E-state index contributed by atoms with van der Waals surface area (Å²) in [6.45, 7) is 5.17. The van der Waals surface area contributed by atoms with E-state index in [9.17, 15) is 4.79 Å². The quantitative estimate of drug-likeness (QED) is 0.743. The summed E-state index contributed by atoms with van der Waals surface area (Å²) in [5.74, 6) is 0.592. The van der Waals surface area contributed by atoms with Gasteiger partial charge in [-0.2, -0.15) is 0 Å². The van der Waals surface area contributed by atoms with Crippen LogP contribution in [0.1, 0.15) is 56.4 Å². The van der Waals surface area contributed by atoms with Gasteiger partial charge >= 0.3 is 0 Å². The second kappa shape index (κ2) is 8.86. The van der Waals surface area contributed by atoms with Crippen molar-refractivity contribution in [3.8, 4) is 0 Å². The van der Waals surface area contributed by atoms with Crippen LogP contribution in [0.5, 0.6) is 0 Å². The lowest BCUT2D eigenvalue weighted by molar-refractivity contribution is 0.0947. The fourth-order valence-corrected chi connectivity index (χ4v) is 1.85. The minimum absolute atomic E-state index is 0.189. The van der Waals surface area contributed by atoms with Crippen molar-refractivity contribution in [3.05, 3.63) is 23.2 Å². The van der Waals surface area contributed by atoms with Crippen LogP contribution in [-0.2, 0) is 0 Å². The van der Waals surface area contributed by atoms with E-state index in [1.54, 1.807) is 0 Å². The normalized spacial score (nSPS) is 10.7. The molecule has 106 valence electrons. The summed E-state index contributed by atoms with van der Waals surface area (Å²) < 4.78 is 0. The molecule has 1 N–H and O–H groups in total. The molecule has 0 aromatic carbocycles. The van der Waals surface area contributed by atoms with Crippen molar-refractivity contribution < 1.29 is 4.79 Å². The molecule has 0 aliphatic carbocycles. The van der Waals surface area contributed by atoms with Gasteiger partial charge in [0.25, 0.3) is 5.91 Å².